The van der Waals surface area contributed by atoms with E-state index in [0.717, 1.165) is 19.0 Å². The second kappa shape index (κ2) is 3.85. The van der Waals surface area contributed by atoms with Gasteiger partial charge in [0.1, 0.15) is 6.07 Å². The van der Waals surface area contributed by atoms with Crippen LogP contribution in [0.4, 0.5) is 5.95 Å². The van der Waals surface area contributed by atoms with Crippen molar-refractivity contribution in [3.05, 3.63) is 18.0 Å². The van der Waals surface area contributed by atoms with Crippen LogP contribution >= 0.6 is 0 Å². The third-order valence-electron chi connectivity index (χ3n) is 3.04. The van der Waals surface area contributed by atoms with Gasteiger partial charge in [0.05, 0.1) is 18.0 Å². The zero-order valence-corrected chi connectivity index (χ0v) is 9.01. The number of nitrogens with zero attached hydrogens (tertiary/aromatic N) is 4. The van der Waals surface area contributed by atoms with Crippen LogP contribution in [-0.2, 0) is 0 Å². The SMILES string of the molecule is C[C@@H]1CN(c2ncc(C#N)cn2)C[C@@H]1C. The molecule has 0 unspecified atom stereocenters. The fourth-order valence-electron chi connectivity index (χ4n) is 1.84. The van der Waals surface area contributed by atoms with Gasteiger partial charge in [0, 0.05) is 13.1 Å². The molecule has 2 heterocycles. The predicted molar refractivity (Wildman–Crippen MR) is 57.3 cm³/mol. The highest BCUT2D eigenvalue weighted by Gasteiger charge is 2.27. The minimum atomic E-state index is 0.513. The van der Waals surface area contributed by atoms with E-state index in [1.807, 2.05) is 6.07 Å². The molecule has 78 valence electrons. The van der Waals surface area contributed by atoms with Gasteiger partial charge in [-0.25, -0.2) is 9.97 Å². The molecule has 2 atom stereocenters. The molecule has 0 aliphatic carbocycles. The van der Waals surface area contributed by atoms with Crippen LogP contribution in [0, 0.1) is 23.2 Å². The smallest absolute Gasteiger partial charge is 0.225 e. The van der Waals surface area contributed by atoms with E-state index in [1.54, 1.807) is 12.4 Å². The maximum Gasteiger partial charge on any atom is 0.225 e. The minimum absolute atomic E-state index is 0.513. The molecule has 0 saturated carbocycles. The summed E-state index contributed by atoms with van der Waals surface area (Å²) in [4.78, 5) is 10.6. The normalized spacial score (nSPS) is 25.3. The number of hydrogen-bond donors (Lipinski definition) is 0. The number of hydrogen-bond acceptors (Lipinski definition) is 4. The maximum atomic E-state index is 8.63. The van der Waals surface area contributed by atoms with Crippen molar-refractivity contribution >= 4 is 5.95 Å². The molecule has 1 saturated heterocycles. The molecule has 0 aromatic carbocycles. The average Bonchev–Trinajstić information content (AvgIpc) is 2.59. The van der Waals surface area contributed by atoms with E-state index >= 15 is 0 Å². The largest absolute Gasteiger partial charge is 0.340 e. The van der Waals surface area contributed by atoms with Crippen LogP contribution in [0.5, 0.6) is 0 Å². The van der Waals surface area contributed by atoms with Crippen LogP contribution in [0.1, 0.15) is 19.4 Å². The van der Waals surface area contributed by atoms with Gasteiger partial charge in [0.2, 0.25) is 5.95 Å². The highest BCUT2D eigenvalue weighted by Crippen LogP contribution is 2.24. The number of aromatic nitrogens is 2. The van der Waals surface area contributed by atoms with E-state index in [9.17, 15) is 0 Å². The van der Waals surface area contributed by atoms with Gasteiger partial charge in [0.25, 0.3) is 0 Å². The predicted octanol–water partition coefficient (Wildman–Crippen LogP) is 1.44. The van der Waals surface area contributed by atoms with Crippen molar-refractivity contribution in [1.29, 1.82) is 5.26 Å². The van der Waals surface area contributed by atoms with Crippen molar-refractivity contribution in [2.24, 2.45) is 11.8 Å². The molecule has 0 spiro atoms. The quantitative estimate of drug-likeness (QED) is 0.691. The zero-order valence-electron chi connectivity index (χ0n) is 9.01. The first kappa shape index (κ1) is 9.91. The number of rotatable bonds is 1. The lowest BCUT2D eigenvalue weighted by Crippen LogP contribution is -2.21. The molecular formula is C11H14N4. The van der Waals surface area contributed by atoms with Gasteiger partial charge in [0.15, 0.2) is 0 Å². The summed E-state index contributed by atoms with van der Waals surface area (Å²) in [6, 6.07) is 2.02. The first-order valence-corrected chi connectivity index (χ1v) is 5.18. The van der Waals surface area contributed by atoms with Crippen molar-refractivity contribution in [2.75, 3.05) is 18.0 Å². The second-order valence-electron chi connectivity index (χ2n) is 4.24. The lowest BCUT2D eigenvalue weighted by molar-refractivity contribution is 0.494. The molecule has 1 aliphatic heterocycles. The standard InChI is InChI=1S/C11H14N4/c1-8-6-15(7-9(8)2)11-13-4-10(3-12)5-14-11/h4-5,8-9H,6-7H2,1-2H3/t8-,9+. The summed E-state index contributed by atoms with van der Waals surface area (Å²) in [7, 11) is 0. The van der Waals surface area contributed by atoms with E-state index < -0.39 is 0 Å². The monoisotopic (exact) mass is 202 g/mol. The first-order valence-electron chi connectivity index (χ1n) is 5.18. The lowest BCUT2D eigenvalue weighted by atomic mass is 10.0. The van der Waals surface area contributed by atoms with Gasteiger partial charge in [-0.3, -0.25) is 0 Å². The Morgan fingerprint density at radius 2 is 1.80 bits per heavy atom. The van der Waals surface area contributed by atoms with Crippen molar-refractivity contribution in [3.63, 3.8) is 0 Å². The van der Waals surface area contributed by atoms with Crippen LogP contribution in [0.2, 0.25) is 0 Å². The van der Waals surface area contributed by atoms with Gasteiger partial charge >= 0.3 is 0 Å². The summed E-state index contributed by atoms with van der Waals surface area (Å²) in [5.74, 6) is 2.11. The molecule has 0 radical (unpaired) electrons. The summed E-state index contributed by atoms with van der Waals surface area (Å²) in [5.41, 5.74) is 0.513. The van der Waals surface area contributed by atoms with Crippen molar-refractivity contribution in [3.8, 4) is 6.07 Å². The molecule has 4 heteroatoms. The molecule has 0 N–H and O–H groups in total. The number of anilines is 1. The van der Waals surface area contributed by atoms with Gasteiger partial charge < -0.3 is 4.90 Å². The molecule has 1 aromatic rings. The van der Waals surface area contributed by atoms with Gasteiger partial charge in [-0.05, 0) is 11.8 Å². The average molecular weight is 202 g/mol. The van der Waals surface area contributed by atoms with Crippen LogP contribution in [-0.4, -0.2) is 23.1 Å². The Morgan fingerprint density at radius 3 is 2.27 bits per heavy atom. The molecule has 0 amide bonds. The second-order valence-corrected chi connectivity index (χ2v) is 4.24. The summed E-state index contributed by atoms with van der Waals surface area (Å²) >= 11 is 0. The van der Waals surface area contributed by atoms with Crippen LogP contribution in [0.25, 0.3) is 0 Å². The first-order chi connectivity index (χ1) is 7.20. The van der Waals surface area contributed by atoms with Gasteiger partial charge in [-0.2, -0.15) is 5.26 Å². The van der Waals surface area contributed by atoms with Gasteiger partial charge in [-0.1, -0.05) is 13.8 Å². The summed E-state index contributed by atoms with van der Waals surface area (Å²) in [5, 5.41) is 8.63. The van der Waals surface area contributed by atoms with Crippen LogP contribution in [0.3, 0.4) is 0 Å². The molecule has 1 aliphatic rings. The Labute approximate surface area is 89.6 Å². The summed E-state index contributed by atoms with van der Waals surface area (Å²) in [6.07, 6.45) is 3.16. The fourth-order valence-corrected chi connectivity index (χ4v) is 1.84. The molecule has 1 aromatic heterocycles. The maximum absolute atomic E-state index is 8.63. The summed E-state index contributed by atoms with van der Waals surface area (Å²) < 4.78 is 0. The third-order valence-corrected chi connectivity index (χ3v) is 3.04. The van der Waals surface area contributed by atoms with Crippen molar-refractivity contribution < 1.29 is 0 Å². The Hall–Kier alpha value is -1.63. The molecule has 0 bridgehead atoms. The van der Waals surface area contributed by atoms with E-state index in [0.29, 0.717) is 17.4 Å². The Balaban J connectivity index is 2.14. The van der Waals surface area contributed by atoms with E-state index in [4.69, 9.17) is 5.26 Å². The molecular weight excluding hydrogens is 188 g/mol. The minimum Gasteiger partial charge on any atom is -0.340 e. The van der Waals surface area contributed by atoms with Crippen molar-refractivity contribution in [2.45, 2.75) is 13.8 Å². The fraction of sp³-hybridized carbons (Fsp3) is 0.545. The van der Waals surface area contributed by atoms with E-state index in [-0.39, 0.29) is 0 Å². The molecule has 15 heavy (non-hydrogen) atoms. The highest BCUT2D eigenvalue weighted by atomic mass is 15.3. The van der Waals surface area contributed by atoms with Crippen molar-refractivity contribution in [1.82, 2.24) is 9.97 Å². The van der Waals surface area contributed by atoms with E-state index in [1.165, 1.54) is 0 Å². The molecule has 1 fully saturated rings. The lowest BCUT2D eigenvalue weighted by Gasteiger charge is -2.14. The Kier molecular flexibility index (Phi) is 2.55. The number of nitriles is 1. The molecule has 2 rings (SSSR count). The van der Waals surface area contributed by atoms with Crippen LogP contribution in [0.15, 0.2) is 12.4 Å². The van der Waals surface area contributed by atoms with Gasteiger partial charge in [-0.15, -0.1) is 0 Å². The highest BCUT2D eigenvalue weighted by molar-refractivity contribution is 5.34. The third kappa shape index (κ3) is 1.91. The molecule has 4 nitrogen and oxygen atoms in total. The summed E-state index contributed by atoms with van der Waals surface area (Å²) in [6.45, 7) is 6.50. The zero-order chi connectivity index (χ0) is 10.8. The Bertz CT molecular complexity index is 369. The van der Waals surface area contributed by atoms with E-state index in [2.05, 4.69) is 28.7 Å². The topological polar surface area (TPSA) is 52.8 Å². The van der Waals surface area contributed by atoms with Crippen LogP contribution < -0.4 is 4.90 Å². The Morgan fingerprint density at radius 1 is 1.27 bits per heavy atom.